The van der Waals surface area contributed by atoms with Gasteiger partial charge in [-0.05, 0) is 117 Å². The van der Waals surface area contributed by atoms with E-state index in [0.717, 1.165) is 116 Å². The van der Waals surface area contributed by atoms with E-state index in [9.17, 15) is 40.8 Å². The first-order valence-electron chi connectivity index (χ1n) is 31.2. The van der Waals surface area contributed by atoms with E-state index in [-0.39, 0.29) is 35.6 Å². The molecule has 2 saturated carbocycles. The van der Waals surface area contributed by atoms with Gasteiger partial charge in [0.15, 0.2) is 0 Å². The molecule has 6 aliphatic rings. The molecule has 2 aliphatic carbocycles. The lowest BCUT2D eigenvalue weighted by atomic mass is 9.81. The van der Waals surface area contributed by atoms with Gasteiger partial charge in [-0.3, -0.25) is 19.2 Å². The quantitative estimate of drug-likeness (QED) is 0.117. The van der Waals surface area contributed by atoms with Crippen LogP contribution in [0.1, 0.15) is 140 Å². The molecule has 3 N–H and O–H groups in total. The van der Waals surface area contributed by atoms with Crippen molar-refractivity contribution in [2.45, 2.75) is 116 Å². The number of hydrogen-bond donors (Lipinski definition) is 3. The number of carbonyl (C=O) groups is 5. The van der Waals surface area contributed by atoms with Crippen LogP contribution in [0.3, 0.4) is 0 Å². The summed E-state index contributed by atoms with van der Waals surface area (Å²) in [7, 11) is -2.45. The first-order valence-corrected chi connectivity index (χ1v) is 34.0. The van der Waals surface area contributed by atoms with E-state index in [0.29, 0.717) is 68.8 Å². The molecule has 12 rings (SSSR count). The van der Waals surface area contributed by atoms with E-state index in [2.05, 4.69) is 42.1 Å². The molecule has 0 unspecified atom stereocenters. The smallest absolute Gasteiger partial charge is 0.410 e. The lowest BCUT2D eigenvalue weighted by molar-refractivity contribution is -0.129. The number of amides is 5. The van der Waals surface area contributed by atoms with Gasteiger partial charge in [-0.1, -0.05) is 99.2 Å². The normalized spacial score (nSPS) is 17.7. The zero-order valence-corrected chi connectivity index (χ0v) is 53.7. The zero-order chi connectivity index (χ0) is 63.1. The molecular formula is C67H82N10O10S2. The largest absolute Gasteiger partial charge is 0.444 e. The van der Waals surface area contributed by atoms with Gasteiger partial charge in [0.25, 0.3) is 23.6 Å². The summed E-state index contributed by atoms with van der Waals surface area (Å²) in [5, 5.41) is 5.39. The Morgan fingerprint density at radius 1 is 0.528 bits per heavy atom. The number of benzene rings is 4. The predicted molar refractivity (Wildman–Crippen MR) is 346 cm³/mol. The lowest BCUT2D eigenvalue weighted by Gasteiger charge is -2.36. The van der Waals surface area contributed by atoms with Crippen LogP contribution in [0.5, 0.6) is 0 Å². The second-order valence-corrected chi connectivity index (χ2v) is 29.4. The average Bonchev–Trinajstić information content (AvgIpc) is 1.59. The first-order chi connectivity index (χ1) is 42.5. The SMILES string of the molecule is CN(C)S(=O)(=O)NC(=O)c1ccc2c(C3CCCCC3)c3n(c2c1)CC(C(=O)N1CCN(C(=O)OC(C)(C)C)CC1)=Cc1ccccc1-3.CN(C)S(=O)(=O)NC(=O)c1ccc2c(C3CCCCC3)c3n(c2c1)CC(C(=O)N1CCNCC1)=Cc1ccccc1-3. The number of nitrogens with zero attached hydrogens (tertiary/aromatic N) is 7. The Labute approximate surface area is 522 Å². The van der Waals surface area contributed by atoms with Gasteiger partial charge < -0.3 is 33.9 Å². The fourth-order valence-electron chi connectivity index (χ4n) is 13.5. The molecule has 22 heteroatoms. The molecule has 20 nitrogen and oxygen atoms in total. The minimum atomic E-state index is -3.99. The molecule has 0 radical (unpaired) electrons. The predicted octanol–water partition coefficient (Wildman–Crippen LogP) is 9.09. The van der Waals surface area contributed by atoms with Gasteiger partial charge in [0.05, 0.1) is 24.5 Å². The molecule has 4 aromatic carbocycles. The maximum atomic E-state index is 14.2. The molecule has 4 fully saturated rings. The zero-order valence-electron chi connectivity index (χ0n) is 52.1. The number of piperazine rings is 2. The van der Waals surface area contributed by atoms with Crippen LogP contribution in [-0.4, -0.2) is 165 Å². The molecule has 6 heterocycles. The van der Waals surface area contributed by atoms with Gasteiger partial charge in [0.1, 0.15) is 5.60 Å². The number of hydrogen-bond acceptors (Lipinski definition) is 11. The van der Waals surface area contributed by atoms with Gasteiger partial charge >= 0.3 is 26.5 Å². The highest BCUT2D eigenvalue weighted by atomic mass is 32.2. The third kappa shape index (κ3) is 13.2. The van der Waals surface area contributed by atoms with E-state index >= 15 is 0 Å². The Morgan fingerprint density at radius 2 is 0.921 bits per heavy atom. The van der Waals surface area contributed by atoms with Crippen molar-refractivity contribution < 1.29 is 45.5 Å². The van der Waals surface area contributed by atoms with E-state index in [1.165, 1.54) is 65.0 Å². The molecule has 5 amide bonds. The molecule has 89 heavy (non-hydrogen) atoms. The topological polar surface area (TPSA) is 225 Å². The number of carbonyl (C=O) groups excluding carboxylic acids is 5. The summed E-state index contributed by atoms with van der Waals surface area (Å²) in [6.07, 6.45) is 15.0. The van der Waals surface area contributed by atoms with Crippen LogP contribution >= 0.6 is 0 Å². The maximum absolute atomic E-state index is 14.2. The maximum Gasteiger partial charge on any atom is 0.410 e. The number of ether oxygens (including phenoxy) is 1. The van der Waals surface area contributed by atoms with Crippen molar-refractivity contribution in [3.63, 3.8) is 0 Å². The summed E-state index contributed by atoms with van der Waals surface area (Å²) < 4.78 is 65.9. The van der Waals surface area contributed by atoms with Crippen molar-refractivity contribution in [1.29, 1.82) is 0 Å². The van der Waals surface area contributed by atoms with E-state index < -0.39 is 37.8 Å². The van der Waals surface area contributed by atoms with Crippen molar-refractivity contribution in [3.8, 4) is 22.5 Å². The molecule has 0 atom stereocenters. The molecule has 4 aliphatic heterocycles. The summed E-state index contributed by atoms with van der Waals surface area (Å²) in [4.78, 5) is 72.5. The van der Waals surface area contributed by atoms with Gasteiger partial charge in [0.2, 0.25) is 0 Å². The average molecular weight is 1250 g/mol. The van der Waals surface area contributed by atoms with Crippen molar-refractivity contribution in [1.82, 2.24) is 47.2 Å². The Hall–Kier alpha value is -7.63. The summed E-state index contributed by atoms with van der Waals surface area (Å²) in [5.41, 5.74) is 11.5. The summed E-state index contributed by atoms with van der Waals surface area (Å²) in [6, 6.07) is 27.2. The second kappa shape index (κ2) is 25.7. The molecule has 472 valence electrons. The molecule has 0 bridgehead atoms. The van der Waals surface area contributed by atoms with E-state index in [4.69, 9.17) is 4.74 Å². The highest BCUT2D eigenvalue weighted by Crippen LogP contribution is 2.49. The third-order valence-corrected chi connectivity index (χ3v) is 20.9. The lowest BCUT2D eigenvalue weighted by Crippen LogP contribution is -2.52. The van der Waals surface area contributed by atoms with Gasteiger partial charge in [-0.2, -0.15) is 25.4 Å². The van der Waals surface area contributed by atoms with Crippen LogP contribution in [0.15, 0.2) is 96.1 Å². The van der Waals surface area contributed by atoms with E-state index in [1.807, 2.05) is 80.3 Å². The third-order valence-electron chi connectivity index (χ3n) is 18.1. The number of nitrogens with one attached hydrogen (secondary N) is 3. The Balaban J connectivity index is 0.000000186. The molecule has 2 aromatic heterocycles. The number of rotatable bonds is 10. The highest BCUT2D eigenvalue weighted by Gasteiger charge is 2.36. The second-order valence-electron chi connectivity index (χ2n) is 25.6. The molecule has 0 spiro atoms. The Bertz CT molecular complexity index is 4050. The van der Waals surface area contributed by atoms with Gasteiger partial charge in [-0.15, -0.1) is 0 Å². The molecule has 2 saturated heterocycles. The first kappa shape index (κ1) is 63.0. The minimum absolute atomic E-state index is 0.0289. The van der Waals surface area contributed by atoms with Crippen LogP contribution in [0.2, 0.25) is 0 Å². The van der Waals surface area contributed by atoms with Gasteiger partial charge in [-0.25, -0.2) is 14.2 Å². The number of aromatic nitrogens is 2. The highest BCUT2D eigenvalue weighted by molar-refractivity contribution is 7.88. The molecule has 6 aromatic rings. The minimum Gasteiger partial charge on any atom is -0.444 e. The van der Waals surface area contributed by atoms with Crippen molar-refractivity contribution in [2.24, 2.45) is 0 Å². The fraction of sp³-hybridized carbons (Fsp3) is 0.448. The standard InChI is InChI=1S/C36H45N5O6S.C31H37N5O4S/c1-36(2,3)47-35(44)40-19-17-39(18-20-40)34(43)27-21-25-13-9-10-14-28(25)32-31(24-11-7-6-8-12-24)29-16-15-26(22-30(29)41(32)23-27)33(42)37-48(45,46)38(4)5;1-34(2)41(39,40)33-30(37)23-12-13-26-27(19-23)36-20-24(31(38)35-16-14-32-15-17-35)18-22-10-6-7-11-25(22)29(36)28(26)21-8-4-3-5-9-21/h9-10,13-16,21-22,24H,6-8,11-12,17-20,23H2,1-5H3,(H,37,42);6-7,10-13,18-19,21,32H,3-5,8-9,14-17,20H2,1-2H3,(H,33,37). The van der Waals surface area contributed by atoms with Crippen molar-refractivity contribution in [3.05, 3.63) is 129 Å². The van der Waals surface area contributed by atoms with Crippen LogP contribution in [-0.2, 0) is 47.8 Å². The van der Waals surface area contributed by atoms with E-state index in [1.54, 1.807) is 34.1 Å². The fourth-order valence-corrected chi connectivity index (χ4v) is 14.6. The van der Waals surface area contributed by atoms with Crippen molar-refractivity contribution in [2.75, 3.05) is 80.5 Å². The van der Waals surface area contributed by atoms with Crippen LogP contribution in [0, 0.1) is 0 Å². The molecular weight excluding hydrogens is 1170 g/mol. The van der Waals surface area contributed by atoms with Crippen LogP contribution in [0.25, 0.3) is 56.5 Å². The summed E-state index contributed by atoms with van der Waals surface area (Å²) in [6.45, 7) is 10.5. The summed E-state index contributed by atoms with van der Waals surface area (Å²) in [5.74, 6) is -0.789. The number of fused-ring (bicyclic) bond motifs is 10. The van der Waals surface area contributed by atoms with Crippen molar-refractivity contribution >= 4 is 84.1 Å². The Kier molecular flexibility index (Phi) is 18.2. The van der Waals surface area contributed by atoms with Crippen LogP contribution in [0.4, 0.5) is 4.79 Å². The van der Waals surface area contributed by atoms with Crippen LogP contribution < -0.4 is 14.8 Å². The Morgan fingerprint density at radius 3 is 1.33 bits per heavy atom. The monoisotopic (exact) mass is 1250 g/mol. The summed E-state index contributed by atoms with van der Waals surface area (Å²) >= 11 is 0. The van der Waals surface area contributed by atoms with Gasteiger partial charge in [0, 0.05) is 136 Å².